The van der Waals surface area contributed by atoms with Gasteiger partial charge in [-0.05, 0) is 65.4 Å². The lowest BCUT2D eigenvalue weighted by atomic mass is 9.95. The van der Waals surface area contributed by atoms with E-state index in [1.54, 1.807) is 12.3 Å². The lowest BCUT2D eigenvalue weighted by Crippen LogP contribution is -2.04. The molecule has 0 saturated carbocycles. The van der Waals surface area contributed by atoms with E-state index >= 15 is 0 Å². The van der Waals surface area contributed by atoms with Crippen molar-refractivity contribution < 1.29 is 0 Å². The fourth-order valence-corrected chi connectivity index (χ4v) is 3.95. The van der Waals surface area contributed by atoms with Gasteiger partial charge in [0, 0.05) is 41.9 Å². The number of nitrogens with two attached hydrogens (primary N) is 2. The number of hydrogen-bond acceptors (Lipinski definition) is 6. The third kappa shape index (κ3) is 3.40. The molecule has 0 unspecified atom stereocenters. The SMILES string of the molecule is NCCCn1ccc2ccc(-c3cc(Nc4ccnc(N)n4)cc4c3CN=C4)cc21. The van der Waals surface area contributed by atoms with Gasteiger partial charge >= 0.3 is 0 Å². The molecular formula is C23H23N7. The summed E-state index contributed by atoms with van der Waals surface area (Å²) in [6.45, 7) is 2.30. The lowest BCUT2D eigenvalue weighted by Gasteiger charge is -2.14. The maximum Gasteiger partial charge on any atom is 0.221 e. The van der Waals surface area contributed by atoms with Gasteiger partial charge in [-0.3, -0.25) is 4.99 Å². The van der Waals surface area contributed by atoms with Gasteiger partial charge < -0.3 is 21.4 Å². The molecule has 0 bridgehead atoms. The number of rotatable bonds is 6. The molecule has 0 aliphatic carbocycles. The van der Waals surface area contributed by atoms with Crippen LogP contribution in [0.5, 0.6) is 0 Å². The smallest absolute Gasteiger partial charge is 0.221 e. The van der Waals surface area contributed by atoms with Crippen molar-refractivity contribution in [3.8, 4) is 11.1 Å². The fourth-order valence-electron chi connectivity index (χ4n) is 3.95. The lowest BCUT2D eigenvalue weighted by molar-refractivity contribution is 0.671. The number of aryl methyl sites for hydroxylation is 1. The van der Waals surface area contributed by atoms with Gasteiger partial charge in [-0.25, -0.2) is 4.98 Å². The van der Waals surface area contributed by atoms with Crippen molar-refractivity contribution in [2.75, 3.05) is 17.6 Å². The number of aromatic nitrogens is 3. The van der Waals surface area contributed by atoms with Gasteiger partial charge in [0.1, 0.15) is 5.82 Å². The molecule has 4 aromatic rings. The zero-order valence-corrected chi connectivity index (χ0v) is 16.5. The van der Waals surface area contributed by atoms with Crippen molar-refractivity contribution in [2.24, 2.45) is 10.7 Å². The highest BCUT2D eigenvalue weighted by molar-refractivity contribution is 5.93. The average molecular weight is 397 g/mol. The predicted octanol–water partition coefficient (Wildman–Crippen LogP) is 3.71. The molecule has 3 heterocycles. The normalized spacial score (nSPS) is 12.4. The Morgan fingerprint density at radius 1 is 1.10 bits per heavy atom. The molecule has 0 saturated heterocycles. The van der Waals surface area contributed by atoms with Crippen molar-refractivity contribution in [1.82, 2.24) is 14.5 Å². The summed E-state index contributed by atoms with van der Waals surface area (Å²) in [4.78, 5) is 12.7. The molecule has 0 radical (unpaired) electrons. The number of benzene rings is 2. The Morgan fingerprint density at radius 3 is 2.90 bits per heavy atom. The summed E-state index contributed by atoms with van der Waals surface area (Å²) < 4.78 is 2.27. The Bertz CT molecular complexity index is 1260. The largest absolute Gasteiger partial charge is 0.368 e. The van der Waals surface area contributed by atoms with E-state index in [1.807, 2.05) is 6.21 Å². The van der Waals surface area contributed by atoms with Crippen LogP contribution in [0, 0.1) is 0 Å². The Morgan fingerprint density at radius 2 is 2.03 bits per heavy atom. The highest BCUT2D eigenvalue weighted by Crippen LogP contribution is 2.35. The number of nitrogens with zero attached hydrogens (tertiary/aromatic N) is 4. The van der Waals surface area contributed by atoms with E-state index in [2.05, 4.69) is 67.4 Å². The van der Waals surface area contributed by atoms with Crippen LogP contribution in [0.1, 0.15) is 17.5 Å². The van der Waals surface area contributed by atoms with Crippen LogP contribution in [0.3, 0.4) is 0 Å². The van der Waals surface area contributed by atoms with E-state index in [-0.39, 0.29) is 5.95 Å². The van der Waals surface area contributed by atoms with E-state index in [1.165, 1.54) is 27.6 Å². The molecule has 30 heavy (non-hydrogen) atoms. The zero-order chi connectivity index (χ0) is 20.5. The zero-order valence-electron chi connectivity index (χ0n) is 16.5. The van der Waals surface area contributed by atoms with Gasteiger partial charge in [0.05, 0.1) is 6.54 Å². The summed E-state index contributed by atoms with van der Waals surface area (Å²) in [5.74, 6) is 0.904. The highest BCUT2D eigenvalue weighted by Gasteiger charge is 2.16. The minimum atomic E-state index is 0.242. The second-order valence-electron chi connectivity index (χ2n) is 7.41. The summed E-state index contributed by atoms with van der Waals surface area (Å²) in [5, 5.41) is 4.58. The van der Waals surface area contributed by atoms with Crippen molar-refractivity contribution in [3.63, 3.8) is 0 Å². The minimum Gasteiger partial charge on any atom is -0.368 e. The summed E-state index contributed by atoms with van der Waals surface area (Å²) in [7, 11) is 0. The molecule has 5 N–H and O–H groups in total. The molecule has 0 fully saturated rings. The van der Waals surface area contributed by atoms with Crippen molar-refractivity contribution in [2.45, 2.75) is 19.5 Å². The molecule has 2 aromatic carbocycles. The van der Waals surface area contributed by atoms with E-state index in [0.717, 1.165) is 24.2 Å². The van der Waals surface area contributed by atoms with E-state index in [0.29, 0.717) is 18.9 Å². The van der Waals surface area contributed by atoms with Crippen LogP contribution in [-0.2, 0) is 13.1 Å². The number of nitrogen functional groups attached to an aromatic ring is 1. The number of fused-ring (bicyclic) bond motifs is 2. The molecule has 1 aliphatic heterocycles. The van der Waals surface area contributed by atoms with Crippen LogP contribution in [0.2, 0.25) is 0 Å². The Labute approximate surface area is 174 Å². The molecule has 2 aromatic heterocycles. The minimum absolute atomic E-state index is 0.242. The summed E-state index contributed by atoms with van der Waals surface area (Å²) >= 11 is 0. The number of anilines is 3. The Hall–Kier alpha value is -3.71. The topological polar surface area (TPSA) is 107 Å². The molecular weight excluding hydrogens is 374 g/mol. The first-order valence-corrected chi connectivity index (χ1v) is 10.0. The standard InChI is InChI=1S/C23H23N7/c24-6-1-8-30-9-5-15-2-3-16(11-21(15)30)19-12-18(10-17-13-26-14-20(17)19)28-22-4-7-27-23(25)29-22/h2-5,7,9-13H,1,6,8,14,24H2,(H3,25,27,28,29). The van der Waals surface area contributed by atoms with Crippen molar-refractivity contribution in [3.05, 3.63) is 66.0 Å². The van der Waals surface area contributed by atoms with Gasteiger partial charge in [-0.1, -0.05) is 12.1 Å². The van der Waals surface area contributed by atoms with Gasteiger partial charge in [-0.15, -0.1) is 0 Å². The third-order valence-corrected chi connectivity index (χ3v) is 5.40. The number of nitrogens with one attached hydrogen (secondary N) is 1. The van der Waals surface area contributed by atoms with Crippen LogP contribution in [-0.4, -0.2) is 27.3 Å². The molecule has 7 nitrogen and oxygen atoms in total. The first-order valence-electron chi connectivity index (χ1n) is 10.0. The van der Waals surface area contributed by atoms with Gasteiger partial charge in [0.15, 0.2) is 0 Å². The van der Waals surface area contributed by atoms with Gasteiger partial charge in [-0.2, -0.15) is 4.98 Å². The highest BCUT2D eigenvalue weighted by atomic mass is 15.1. The van der Waals surface area contributed by atoms with Gasteiger partial charge in [0.2, 0.25) is 5.95 Å². The molecule has 5 rings (SSSR count). The third-order valence-electron chi connectivity index (χ3n) is 5.40. The molecule has 0 atom stereocenters. The molecule has 7 heteroatoms. The predicted molar refractivity (Wildman–Crippen MR) is 122 cm³/mol. The van der Waals surface area contributed by atoms with Crippen LogP contribution >= 0.6 is 0 Å². The van der Waals surface area contributed by atoms with Crippen LogP contribution < -0.4 is 16.8 Å². The molecule has 150 valence electrons. The second-order valence-corrected chi connectivity index (χ2v) is 7.41. The molecule has 0 spiro atoms. The first kappa shape index (κ1) is 18.3. The summed E-state index contributed by atoms with van der Waals surface area (Å²) in [6, 6.07) is 14.8. The van der Waals surface area contributed by atoms with E-state index < -0.39 is 0 Å². The first-order chi connectivity index (χ1) is 14.7. The monoisotopic (exact) mass is 397 g/mol. The van der Waals surface area contributed by atoms with Crippen LogP contribution in [0.15, 0.2) is 59.9 Å². The summed E-state index contributed by atoms with van der Waals surface area (Å²) in [6.07, 6.45) is 6.67. The molecule has 1 aliphatic rings. The van der Waals surface area contributed by atoms with Crippen molar-refractivity contribution >= 4 is 34.6 Å². The maximum atomic E-state index is 5.72. The number of aliphatic imine (C=N–C) groups is 1. The molecule has 0 amide bonds. The second kappa shape index (κ2) is 7.61. The quantitative estimate of drug-likeness (QED) is 0.460. The fraction of sp³-hybridized carbons (Fsp3) is 0.174. The summed E-state index contributed by atoms with van der Waals surface area (Å²) in [5.41, 5.74) is 18.3. The Balaban J connectivity index is 1.57. The number of hydrogen-bond donors (Lipinski definition) is 3. The maximum absolute atomic E-state index is 5.72. The van der Waals surface area contributed by atoms with Crippen LogP contribution in [0.25, 0.3) is 22.0 Å². The Kier molecular flexibility index (Phi) is 4.65. The van der Waals surface area contributed by atoms with Crippen LogP contribution in [0.4, 0.5) is 17.5 Å². The van der Waals surface area contributed by atoms with Gasteiger partial charge in [0.25, 0.3) is 0 Å². The van der Waals surface area contributed by atoms with E-state index in [9.17, 15) is 0 Å². The average Bonchev–Trinajstić information content (AvgIpc) is 3.38. The van der Waals surface area contributed by atoms with Crippen molar-refractivity contribution in [1.29, 1.82) is 0 Å². The van der Waals surface area contributed by atoms with E-state index in [4.69, 9.17) is 11.5 Å².